The van der Waals surface area contributed by atoms with Gasteiger partial charge in [-0.3, -0.25) is 4.79 Å². The Morgan fingerprint density at radius 2 is 1.60 bits per heavy atom. The van der Waals surface area contributed by atoms with Crippen molar-refractivity contribution < 1.29 is 14.2 Å². The molecule has 0 aliphatic carbocycles. The fraction of sp³-hybridized carbons (Fsp3) is 0.929. The lowest BCUT2D eigenvalue weighted by atomic mass is 10.1. The van der Waals surface area contributed by atoms with Crippen LogP contribution in [-0.2, 0) is 21.1 Å². The number of hydrogen-bond donors (Lipinski definition) is 2. The number of rotatable bonds is 13. The summed E-state index contributed by atoms with van der Waals surface area (Å²) >= 11 is 4.70. The van der Waals surface area contributed by atoms with Gasteiger partial charge in [-0.05, 0) is 18.2 Å². The first kappa shape index (κ1) is 20.0. The van der Waals surface area contributed by atoms with Gasteiger partial charge in [-0.2, -0.15) is 0 Å². The van der Waals surface area contributed by atoms with Crippen molar-refractivity contribution in [3.63, 3.8) is 0 Å². The molecule has 0 aliphatic heterocycles. The van der Waals surface area contributed by atoms with E-state index in [4.69, 9.17) is 16.3 Å². The highest BCUT2D eigenvalue weighted by molar-refractivity contribution is 8.09. The maximum Gasteiger partial charge on any atom is 0.221 e. The normalized spacial score (nSPS) is 13.9. The molecule has 0 fully saturated rings. The molecule has 0 aromatic carbocycles. The van der Waals surface area contributed by atoms with Crippen molar-refractivity contribution in [1.82, 2.24) is 5.32 Å². The molecule has 1 amide bonds. The van der Waals surface area contributed by atoms with Gasteiger partial charge < -0.3 is 14.7 Å². The molecule has 4 nitrogen and oxygen atoms in total. The van der Waals surface area contributed by atoms with Crippen LogP contribution in [0.25, 0.3) is 0 Å². The second kappa shape index (κ2) is 12.8. The van der Waals surface area contributed by atoms with E-state index >= 15 is 0 Å². The molecule has 0 spiro atoms. The number of amides is 1. The van der Waals surface area contributed by atoms with E-state index in [0.29, 0.717) is 6.42 Å². The number of hydrogen-bond acceptors (Lipinski definition) is 3. The van der Waals surface area contributed by atoms with Crippen molar-refractivity contribution in [2.24, 2.45) is 0 Å². The Kier molecular flexibility index (Phi) is 12.8. The Hall–Kier alpha value is 0.0400. The number of unbranched alkanes of at least 4 members (excludes halogenated alkanes) is 8. The van der Waals surface area contributed by atoms with Crippen molar-refractivity contribution in [3.05, 3.63) is 0 Å². The Morgan fingerprint density at radius 1 is 1.10 bits per heavy atom. The van der Waals surface area contributed by atoms with Crippen LogP contribution in [0.1, 0.15) is 71.1 Å². The lowest BCUT2D eigenvalue weighted by molar-refractivity contribution is -0.122. The Balaban J connectivity index is 3.25. The van der Waals surface area contributed by atoms with E-state index in [-0.39, 0.29) is 12.6 Å². The summed E-state index contributed by atoms with van der Waals surface area (Å²) < 4.78 is 4.94. The van der Waals surface area contributed by atoms with Crippen molar-refractivity contribution >= 4 is 24.2 Å². The van der Waals surface area contributed by atoms with Gasteiger partial charge in [0.05, 0.1) is 0 Å². The Bertz CT molecular complexity index is 294. The smallest absolute Gasteiger partial charge is 0.221 e. The molecule has 1 unspecified atom stereocenters. The molecule has 20 heavy (non-hydrogen) atoms. The van der Waals surface area contributed by atoms with Gasteiger partial charge >= 0.3 is 0 Å². The minimum Gasteiger partial charge on any atom is -0.345 e. The van der Waals surface area contributed by atoms with E-state index in [0.717, 1.165) is 12.8 Å². The molecule has 0 saturated carbocycles. The minimum atomic E-state index is -2.66. The van der Waals surface area contributed by atoms with Crippen LogP contribution in [0.4, 0.5) is 0 Å². The Labute approximate surface area is 128 Å². The van der Waals surface area contributed by atoms with Gasteiger partial charge in [0.15, 0.2) is 6.49 Å². The molecule has 0 saturated heterocycles. The third kappa shape index (κ3) is 16.1. The SMILES string of the molecule is CCCCCCCCCCCC(=O)NCOP(C)(O)=S. The monoisotopic (exact) mass is 323 g/mol. The van der Waals surface area contributed by atoms with Crippen LogP contribution in [0.2, 0.25) is 0 Å². The predicted molar refractivity (Wildman–Crippen MR) is 88.4 cm³/mol. The number of carbonyl (C=O) groups excluding carboxylic acids is 1. The molecule has 0 aromatic rings. The standard InChI is InChI=1S/C14H30NO3PS/c1-3-4-5-6-7-8-9-10-11-12-14(16)15-13-18-19(2,17)20/h3-13H2,1-2H3,(H,15,16)(H,17,20). The molecule has 0 bridgehead atoms. The van der Waals surface area contributed by atoms with Crippen LogP contribution >= 0.6 is 6.49 Å². The van der Waals surface area contributed by atoms with Gasteiger partial charge in [-0.25, -0.2) is 0 Å². The third-order valence-electron chi connectivity index (χ3n) is 3.08. The fourth-order valence-corrected chi connectivity index (χ4v) is 2.38. The maximum atomic E-state index is 11.4. The van der Waals surface area contributed by atoms with E-state index in [1.807, 2.05) is 0 Å². The van der Waals surface area contributed by atoms with Gasteiger partial charge in [0.2, 0.25) is 5.91 Å². The van der Waals surface area contributed by atoms with Crippen LogP contribution in [0.5, 0.6) is 0 Å². The zero-order valence-electron chi connectivity index (χ0n) is 12.9. The average molecular weight is 323 g/mol. The summed E-state index contributed by atoms with van der Waals surface area (Å²) in [6.07, 6.45) is 11.7. The highest BCUT2D eigenvalue weighted by Crippen LogP contribution is 2.36. The molecule has 0 heterocycles. The second-order valence-electron chi connectivity index (χ2n) is 5.25. The summed E-state index contributed by atoms with van der Waals surface area (Å²) in [5.74, 6) is -0.0311. The van der Waals surface area contributed by atoms with Crippen LogP contribution in [-0.4, -0.2) is 24.2 Å². The van der Waals surface area contributed by atoms with Crippen molar-refractivity contribution in [2.45, 2.75) is 71.1 Å². The quantitative estimate of drug-likeness (QED) is 0.306. The second-order valence-corrected chi connectivity index (χ2v) is 9.15. The summed E-state index contributed by atoms with van der Waals surface area (Å²) in [4.78, 5) is 20.7. The average Bonchev–Trinajstić information content (AvgIpc) is 2.35. The summed E-state index contributed by atoms with van der Waals surface area (Å²) in [5, 5.41) is 2.60. The van der Waals surface area contributed by atoms with Crippen molar-refractivity contribution in [3.8, 4) is 0 Å². The first-order valence-electron chi connectivity index (χ1n) is 7.67. The van der Waals surface area contributed by atoms with Crippen LogP contribution in [0.3, 0.4) is 0 Å². The highest BCUT2D eigenvalue weighted by Gasteiger charge is 2.05. The largest absolute Gasteiger partial charge is 0.345 e. The van der Waals surface area contributed by atoms with Crippen molar-refractivity contribution in [2.75, 3.05) is 13.4 Å². The van der Waals surface area contributed by atoms with Gasteiger partial charge in [-0.15, -0.1) is 0 Å². The van der Waals surface area contributed by atoms with Gasteiger partial charge in [-0.1, -0.05) is 58.3 Å². The third-order valence-corrected chi connectivity index (χ3v) is 4.01. The van der Waals surface area contributed by atoms with E-state index in [1.165, 1.54) is 51.6 Å². The van der Waals surface area contributed by atoms with E-state index < -0.39 is 6.49 Å². The molecule has 0 radical (unpaired) electrons. The lowest BCUT2D eigenvalue weighted by Crippen LogP contribution is -2.25. The molecule has 0 aliphatic rings. The molecule has 6 heteroatoms. The number of carbonyl (C=O) groups is 1. The molecule has 0 aromatic heterocycles. The topological polar surface area (TPSA) is 58.6 Å². The fourth-order valence-electron chi connectivity index (χ4n) is 1.92. The summed E-state index contributed by atoms with van der Waals surface area (Å²) in [5.41, 5.74) is 0. The molecule has 1 atom stereocenters. The maximum absolute atomic E-state index is 11.4. The number of nitrogens with one attached hydrogen (secondary N) is 1. The molecule has 120 valence electrons. The Morgan fingerprint density at radius 3 is 2.10 bits per heavy atom. The highest BCUT2D eigenvalue weighted by atomic mass is 32.5. The first-order valence-corrected chi connectivity index (χ1v) is 10.8. The summed E-state index contributed by atoms with van der Waals surface area (Å²) in [6, 6.07) is 0. The molecule has 2 N–H and O–H groups in total. The van der Waals surface area contributed by atoms with Gasteiger partial charge in [0.25, 0.3) is 0 Å². The molecular formula is C14H30NO3PS. The van der Waals surface area contributed by atoms with Crippen LogP contribution in [0, 0.1) is 0 Å². The predicted octanol–water partition coefficient (Wildman–Crippen LogP) is 3.93. The minimum absolute atomic E-state index is 0.0144. The van der Waals surface area contributed by atoms with Crippen LogP contribution < -0.4 is 5.32 Å². The molecule has 0 rings (SSSR count). The van der Waals surface area contributed by atoms with Gasteiger partial charge in [0, 0.05) is 13.1 Å². The van der Waals surface area contributed by atoms with E-state index in [9.17, 15) is 9.69 Å². The van der Waals surface area contributed by atoms with Crippen LogP contribution in [0.15, 0.2) is 0 Å². The zero-order chi connectivity index (χ0) is 15.3. The van der Waals surface area contributed by atoms with E-state index in [1.54, 1.807) is 0 Å². The van der Waals surface area contributed by atoms with Gasteiger partial charge in [0.1, 0.15) is 6.73 Å². The summed E-state index contributed by atoms with van der Waals surface area (Å²) in [7, 11) is 0. The van der Waals surface area contributed by atoms with Crippen molar-refractivity contribution in [1.29, 1.82) is 0 Å². The molecular weight excluding hydrogens is 293 g/mol. The lowest BCUT2D eigenvalue weighted by Gasteiger charge is -2.10. The first-order chi connectivity index (χ1) is 9.45. The van der Waals surface area contributed by atoms with E-state index in [2.05, 4.69) is 12.2 Å². The zero-order valence-corrected chi connectivity index (χ0v) is 14.6. The summed E-state index contributed by atoms with van der Waals surface area (Å²) in [6.45, 7) is 1.06.